The SMILES string of the molecule is CCC1CCC(CN)C(N2CCC(CC)(CC)CC2)C1. The second-order valence-electron chi connectivity index (χ2n) is 7.39. The second kappa shape index (κ2) is 7.26. The summed E-state index contributed by atoms with van der Waals surface area (Å²) in [4.78, 5) is 2.81. The standard InChI is InChI=1S/C18H36N2/c1-4-15-7-8-16(14-19)17(13-15)20-11-9-18(5-2,6-3)10-12-20/h15-17H,4-14,19H2,1-3H3. The summed E-state index contributed by atoms with van der Waals surface area (Å²) in [6, 6.07) is 0.783. The zero-order valence-electron chi connectivity index (χ0n) is 14.0. The molecule has 0 amide bonds. The Balaban J connectivity index is 1.96. The lowest BCUT2D eigenvalue weighted by Gasteiger charge is -2.48. The van der Waals surface area contributed by atoms with E-state index in [1.54, 1.807) is 0 Å². The van der Waals surface area contributed by atoms with Crippen LogP contribution in [-0.2, 0) is 0 Å². The van der Waals surface area contributed by atoms with Crippen molar-refractivity contribution in [1.29, 1.82) is 0 Å². The highest BCUT2D eigenvalue weighted by molar-refractivity contribution is 4.92. The van der Waals surface area contributed by atoms with Gasteiger partial charge < -0.3 is 10.6 Å². The van der Waals surface area contributed by atoms with Crippen molar-refractivity contribution in [1.82, 2.24) is 4.90 Å². The average Bonchev–Trinajstić information content (AvgIpc) is 2.54. The van der Waals surface area contributed by atoms with E-state index in [4.69, 9.17) is 5.73 Å². The van der Waals surface area contributed by atoms with Gasteiger partial charge in [-0.05, 0) is 62.6 Å². The number of rotatable bonds is 5. The Bertz CT molecular complexity index is 275. The van der Waals surface area contributed by atoms with E-state index in [1.807, 2.05) is 0 Å². The molecule has 0 aromatic carbocycles. The molecular weight excluding hydrogens is 244 g/mol. The molecule has 2 nitrogen and oxygen atoms in total. The monoisotopic (exact) mass is 280 g/mol. The van der Waals surface area contributed by atoms with Crippen molar-refractivity contribution in [2.24, 2.45) is 23.0 Å². The first-order valence-corrected chi connectivity index (χ1v) is 9.12. The van der Waals surface area contributed by atoms with Gasteiger partial charge in [0.2, 0.25) is 0 Å². The average molecular weight is 280 g/mol. The number of nitrogens with two attached hydrogens (primary N) is 1. The van der Waals surface area contributed by atoms with Gasteiger partial charge in [0.25, 0.3) is 0 Å². The van der Waals surface area contributed by atoms with E-state index in [0.29, 0.717) is 5.41 Å². The summed E-state index contributed by atoms with van der Waals surface area (Å²) in [7, 11) is 0. The van der Waals surface area contributed by atoms with Crippen LogP contribution in [-0.4, -0.2) is 30.6 Å². The molecule has 1 aliphatic carbocycles. The Labute approximate surface area is 126 Å². The molecule has 0 radical (unpaired) electrons. The largest absolute Gasteiger partial charge is 0.330 e. The molecule has 3 unspecified atom stereocenters. The van der Waals surface area contributed by atoms with E-state index in [-0.39, 0.29) is 0 Å². The van der Waals surface area contributed by atoms with Gasteiger partial charge in [0.15, 0.2) is 0 Å². The first kappa shape index (κ1) is 16.3. The van der Waals surface area contributed by atoms with E-state index in [9.17, 15) is 0 Å². The highest BCUT2D eigenvalue weighted by Crippen LogP contribution is 2.41. The molecule has 2 N–H and O–H groups in total. The predicted octanol–water partition coefficient (Wildman–Crippen LogP) is 4.04. The quantitative estimate of drug-likeness (QED) is 0.823. The van der Waals surface area contributed by atoms with Crippen molar-refractivity contribution >= 4 is 0 Å². The highest BCUT2D eigenvalue weighted by Gasteiger charge is 2.38. The Morgan fingerprint density at radius 2 is 1.70 bits per heavy atom. The molecule has 1 saturated heterocycles. The lowest BCUT2D eigenvalue weighted by atomic mass is 9.71. The molecule has 2 fully saturated rings. The van der Waals surface area contributed by atoms with Crippen LogP contribution in [0.5, 0.6) is 0 Å². The minimum Gasteiger partial charge on any atom is -0.330 e. The summed E-state index contributed by atoms with van der Waals surface area (Å²) in [6.07, 6.45) is 11.1. The first-order chi connectivity index (χ1) is 9.68. The van der Waals surface area contributed by atoms with Crippen LogP contribution in [0, 0.1) is 17.3 Å². The molecule has 3 atom stereocenters. The van der Waals surface area contributed by atoms with Gasteiger partial charge in [0.05, 0.1) is 0 Å². The van der Waals surface area contributed by atoms with E-state index >= 15 is 0 Å². The van der Waals surface area contributed by atoms with Crippen LogP contribution in [0.2, 0.25) is 0 Å². The third-order valence-electron chi connectivity index (χ3n) is 6.77. The van der Waals surface area contributed by atoms with Crippen molar-refractivity contribution in [2.45, 2.75) is 78.2 Å². The topological polar surface area (TPSA) is 29.3 Å². The maximum atomic E-state index is 6.07. The van der Waals surface area contributed by atoms with Crippen LogP contribution in [0.15, 0.2) is 0 Å². The predicted molar refractivity (Wildman–Crippen MR) is 87.8 cm³/mol. The fraction of sp³-hybridized carbons (Fsp3) is 1.00. The Hall–Kier alpha value is -0.0800. The van der Waals surface area contributed by atoms with Crippen molar-refractivity contribution in [3.8, 4) is 0 Å². The maximum absolute atomic E-state index is 6.07. The fourth-order valence-electron chi connectivity index (χ4n) is 4.67. The van der Waals surface area contributed by atoms with Gasteiger partial charge in [0, 0.05) is 6.04 Å². The summed E-state index contributed by atoms with van der Waals surface area (Å²) in [6.45, 7) is 10.7. The number of hydrogen-bond acceptors (Lipinski definition) is 2. The maximum Gasteiger partial charge on any atom is 0.0138 e. The lowest BCUT2D eigenvalue weighted by molar-refractivity contribution is 0.0193. The summed E-state index contributed by atoms with van der Waals surface area (Å²) < 4.78 is 0. The van der Waals surface area contributed by atoms with Gasteiger partial charge in [-0.25, -0.2) is 0 Å². The van der Waals surface area contributed by atoms with Crippen molar-refractivity contribution in [3.05, 3.63) is 0 Å². The van der Waals surface area contributed by atoms with E-state index < -0.39 is 0 Å². The van der Waals surface area contributed by atoms with E-state index in [0.717, 1.165) is 24.4 Å². The summed E-state index contributed by atoms with van der Waals surface area (Å²) in [5.74, 6) is 1.71. The summed E-state index contributed by atoms with van der Waals surface area (Å²) in [5, 5.41) is 0. The van der Waals surface area contributed by atoms with Gasteiger partial charge >= 0.3 is 0 Å². The molecule has 20 heavy (non-hydrogen) atoms. The van der Waals surface area contributed by atoms with Gasteiger partial charge in [0.1, 0.15) is 0 Å². The van der Waals surface area contributed by atoms with Crippen molar-refractivity contribution < 1.29 is 0 Å². The number of hydrogen-bond donors (Lipinski definition) is 1. The first-order valence-electron chi connectivity index (χ1n) is 9.12. The zero-order chi connectivity index (χ0) is 14.6. The summed E-state index contributed by atoms with van der Waals surface area (Å²) in [5.41, 5.74) is 6.71. The molecule has 0 spiro atoms. The smallest absolute Gasteiger partial charge is 0.0138 e. The normalized spacial score (nSPS) is 35.1. The molecular formula is C18H36N2. The molecule has 1 heterocycles. The molecule has 0 aromatic heterocycles. The zero-order valence-corrected chi connectivity index (χ0v) is 14.0. The van der Waals surface area contributed by atoms with Crippen molar-refractivity contribution in [3.63, 3.8) is 0 Å². The van der Waals surface area contributed by atoms with Gasteiger partial charge in [-0.2, -0.15) is 0 Å². The van der Waals surface area contributed by atoms with Crippen LogP contribution < -0.4 is 5.73 Å². The second-order valence-corrected chi connectivity index (χ2v) is 7.39. The molecule has 2 rings (SSSR count). The molecule has 1 aliphatic heterocycles. The molecule has 0 aromatic rings. The molecule has 2 heteroatoms. The van der Waals surface area contributed by atoms with Crippen LogP contribution in [0.1, 0.15) is 72.1 Å². The summed E-state index contributed by atoms with van der Waals surface area (Å²) >= 11 is 0. The highest BCUT2D eigenvalue weighted by atomic mass is 15.2. The Morgan fingerprint density at radius 3 is 2.20 bits per heavy atom. The minimum atomic E-state index is 0.646. The Morgan fingerprint density at radius 1 is 1.05 bits per heavy atom. The van der Waals surface area contributed by atoms with Crippen LogP contribution in [0.4, 0.5) is 0 Å². The molecule has 2 aliphatic rings. The van der Waals surface area contributed by atoms with Gasteiger partial charge in [-0.3, -0.25) is 0 Å². The van der Waals surface area contributed by atoms with Crippen molar-refractivity contribution in [2.75, 3.05) is 19.6 Å². The minimum absolute atomic E-state index is 0.646. The third kappa shape index (κ3) is 3.39. The van der Waals surface area contributed by atoms with Crippen LogP contribution >= 0.6 is 0 Å². The number of likely N-dealkylation sites (tertiary alicyclic amines) is 1. The molecule has 1 saturated carbocycles. The van der Waals surface area contributed by atoms with Gasteiger partial charge in [-0.15, -0.1) is 0 Å². The number of nitrogens with zero attached hydrogens (tertiary/aromatic N) is 1. The van der Waals surface area contributed by atoms with E-state index in [2.05, 4.69) is 25.7 Å². The molecule has 118 valence electrons. The van der Waals surface area contributed by atoms with Crippen LogP contribution in [0.3, 0.4) is 0 Å². The van der Waals surface area contributed by atoms with Crippen LogP contribution in [0.25, 0.3) is 0 Å². The molecule has 0 bridgehead atoms. The van der Waals surface area contributed by atoms with Gasteiger partial charge in [-0.1, -0.05) is 46.5 Å². The number of piperidine rings is 1. The van der Waals surface area contributed by atoms with E-state index in [1.165, 1.54) is 64.5 Å². The lowest BCUT2D eigenvalue weighted by Crippen LogP contribution is -2.51. The Kier molecular flexibility index (Phi) is 5.92. The fourth-order valence-corrected chi connectivity index (χ4v) is 4.67. The third-order valence-corrected chi connectivity index (χ3v) is 6.77.